The van der Waals surface area contributed by atoms with Crippen LogP contribution < -0.4 is 14.8 Å². The monoisotopic (exact) mass is 359 g/mol. The fraction of sp³-hybridized carbons (Fsp3) is 0.389. The van der Waals surface area contributed by atoms with Crippen LogP contribution in [0.4, 0.5) is 0 Å². The molecule has 0 saturated carbocycles. The number of hydrogen-bond acceptors (Lipinski definition) is 6. The molecule has 7 heteroatoms. The van der Waals surface area contributed by atoms with Crippen molar-refractivity contribution < 1.29 is 14.3 Å². The predicted octanol–water partition coefficient (Wildman–Crippen LogP) is 2.48. The summed E-state index contributed by atoms with van der Waals surface area (Å²) >= 11 is 1.63. The Hall–Kier alpha value is -2.28. The fourth-order valence-corrected chi connectivity index (χ4v) is 3.40. The van der Waals surface area contributed by atoms with Crippen molar-refractivity contribution in [1.29, 1.82) is 0 Å². The minimum atomic E-state index is 0.0310. The zero-order valence-electron chi connectivity index (χ0n) is 14.1. The molecule has 0 spiro atoms. The number of carbonyl (C=O) groups is 1. The number of thioether (sulfide) groups is 1. The van der Waals surface area contributed by atoms with Gasteiger partial charge in [-0.25, -0.2) is 0 Å². The highest BCUT2D eigenvalue weighted by Gasteiger charge is 2.13. The summed E-state index contributed by atoms with van der Waals surface area (Å²) in [6, 6.07) is 5.91. The molecular weight excluding hydrogens is 338 g/mol. The summed E-state index contributed by atoms with van der Waals surface area (Å²) in [6.45, 7) is 3.14. The average Bonchev–Trinajstić information content (AvgIpc) is 2.62. The minimum absolute atomic E-state index is 0.0310. The number of rotatable bonds is 7. The van der Waals surface area contributed by atoms with E-state index in [1.165, 1.54) is 0 Å². The number of benzene rings is 1. The van der Waals surface area contributed by atoms with Crippen LogP contribution >= 0.6 is 11.8 Å². The van der Waals surface area contributed by atoms with Crippen LogP contribution in [0.25, 0.3) is 0 Å². The summed E-state index contributed by atoms with van der Waals surface area (Å²) < 4.78 is 11.1. The van der Waals surface area contributed by atoms with E-state index >= 15 is 0 Å². The normalized spacial score (nSPS) is 14.0. The average molecular weight is 359 g/mol. The first-order valence-corrected chi connectivity index (χ1v) is 9.26. The molecule has 1 N–H and O–H groups in total. The lowest BCUT2D eigenvalue weighted by Crippen LogP contribution is -2.34. The van der Waals surface area contributed by atoms with Crippen molar-refractivity contribution in [3.8, 4) is 11.5 Å². The number of amides is 1. The van der Waals surface area contributed by atoms with E-state index < -0.39 is 0 Å². The minimum Gasteiger partial charge on any atom is -0.486 e. The first kappa shape index (κ1) is 17.5. The highest BCUT2D eigenvalue weighted by Crippen LogP contribution is 2.34. The van der Waals surface area contributed by atoms with Gasteiger partial charge in [-0.1, -0.05) is 0 Å². The molecule has 2 heterocycles. The van der Waals surface area contributed by atoms with Gasteiger partial charge in [0, 0.05) is 48.1 Å². The SMILES string of the molecule is C[C@H](Cc1cnccn1)NC(=O)CCSc1ccc2c(c1)OCCO2. The molecule has 2 aromatic rings. The number of ether oxygens (including phenoxy) is 2. The molecule has 1 aliphatic rings. The van der Waals surface area contributed by atoms with Gasteiger partial charge in [0.1, 0.15) is 13.2 Å². The third-order valence-corrected chi connectivity index (χ3v) is 4.65. The Labute approximate surface area is 151 Å². The van der Waals surface area contributed by atoms with Crippen molar-refractivity contribution >= 4 is 17.7 Å². The van der Waals surface area contributed by atoms with Crippen LogP contribution in [0.2, 0.25) is 0 Å². The van der Waals surface area contributed by atoms with Crippen LogP contribution in [0.5, 0.6) is 11.5 Å². The Kier molecular flexibility index (Phi) is 6.11. The largest absolute Gasteiger partial charge is 0.486 e. The lowest BCUT2D eigenvalue weighted by atomic mass is 10.2. The standard InChI is InChI=1S/C18H21N3O3S/c1-13(10-14-12-19-5-6-20-14)21-18(22)4-9-25-15-2-3-16-17(11-15)24-8-7-23-16/h2-3,5-6,11-13H,4,7-10H2,1H3,(H,21,22)/t13-/m1/s1. The van der Waals surface area contributed by atoms with Crippen LogP contribution in [0.1, 0.15) is 19.0 Å². The van der Waals surface area contributed by atoms with E-state index in [2.05, 4.69) is 15.3 Å². The fourth-order valence-electron chi connectivity index (χ4n) is 2.52. The zero-order valence-corrected chi connectivity index (χ0v) is 14.9. The molecule has 0 saturated heterocycles. The van der Waals surface area contributed by atoms with Gasteiger partial charge in [0.2, 0.25) is 5.91 Å². The van der Waals surface area contributed by atoms with Crippen molar-refractivity contribution in [2.45, 2.75) is 30.7 Å². The van der Waals surface area contributed by atoms with Crippen molar-refractivity contribution in [3.63, 3.8) is 0 Å². The Balaban J connectivity index is 1.40. The molecule has 0 fully saturated rings. The number of hydrogen-bond donors (Lipinski definition) is 1. The maximum atomic E-state index is 12.1. The lowest BCUT2D eigenvalue weighted by Gasteiger charge is -2.18. The van der Waals surface area contributed by atoms with Gasteiger partial charge >= 0.3 is 0 Å². The molecule has 25 heavy (non-hydrogen) atoms. The first-order chi connectivity index (χ1) is 12.2. The smallest absolute Gasteiger partial charge is 0.221 e. The van der Waals surface area contributed by atoms with Gasteiger partial charge in [0.25, 0.3) is 0 Å². The van der Waals surface area contributed by atoms with Crippen molar-refractivity contribution in [1.82, 2.24) is 15.3 Å². The number of nitrogens with zero attached hydrogens (tertiary/aromatic N) is 2. The summed E-state index contributed by atoms with van der Waals surface area (Å²) in [5, 5.41) is 3.00. The summed E-state index contributed by atoms with van der Waals surface area (Å²) in [5.41, 5.74) is 0.876. The third kappa shape index (κ3) is 5.35. The molecule has 1 aliphatic heterocycles. The molecule has 0 radical (unpaired) electrons. The lowest BCUT2D eigenvalue weighted by molar-refractivity contribution is -0.121. The summed E-state index contributed by atoms with van der Waals surface area (Å²) in [7, 11) is 0. The van der Waals surface area contributed by atoms with Gasteiger partial charge in [-0.2, -0.15) is 0 Å². The molecule has 6 nitrogen and oxygen atoms in total. The van der Waals surface area contributed by atoms with E-state index in [0.29, 0.717) is 31.8 Å². The van der Waals surface area contributed by atoms with E-state index in [0.717, 1.165) is 22.1 Å². The van der Waals surface area contributed by atoms with E-state index in [1.807, 2.05) is 25.1 Å². The second-order valence-corrected chi connectivity index (χ2v) is 6.94. The van der Waals surface area contributed by atoms with Gasteiger partial charge in [0.05, 0.1) is 5.69 Å². The molecular formula is C18H21N3O3S. The van der Waals surface area contributed by atoms with Gasteiger partial charge in [-0.3, -0.25) is 14.8 Å². The van der Waals surface area contributed by atoms with Crippen molar-refractivity contribution in [2.24, 2.45) is 0 Å². The van der Waals surface area contributed by atoms with Gasteiger partial charge in [0.15, 0.2) is 11.5 Å². The van der Waals surface area contributed by atoms with Crippen LogP contribution in [0.15, 0.2) is 41.7 Å². The topological polar surface area (TPSA) is 73.3 Å². The molecule has 132 valence electrons. The number of fused-ring (bicyclic) bond motifs is 1. The van der Waals surface area contributed by atoms with Gasteiger partial charge in [-0.05, 0) is 25.1 Å². The predicted molar refractivity (Wildman–Crippen MR) is 96.1 cm³/mol. The summed E-state index contributed by atoms with van der Waals surface area (Å²) in [6.07, 6.45) is 6.16. The molecule has 1 amide bonds. The summed E-state index contributed by atoms with van der Waals surface area (Å²) in [4.78, 5) is 21.4. The number of nitrogens with one attached hydrogen (secondary N) is 1. The molecule has 0 unspecified atom stereocenters. The van der Waals surface area contributed by atoms with Crippen molar-refractivity contribution in [3.05, 3.63) is 42.5 Å². The first-order valence-electron chi connectivity index (χ1n) is 8.27. The second-order valence-electron chi connectivity index (χ2n) is 5.77. The van der Waals surface area contributed by atoms with Gasteiger partial charge in [-0.15, -0.1) is 11.8 Å². The molecule has 1 aromatic carbocycles. The molecule has 0 bridgehead atoms. The molecule has 0 aliphatic carbocycles. The molecule has 1 atom stereocenters. The molecule has 1 aromatic heterocycles. The molecule has 3 rings (SSSR count). The van der Waals surface area contributed by atoms with Crippen LogP contribution in [0, 0.1) is 0 Å². The van der Waals surface area contributed by atoms with E-state index in [1.54, 1.807) is 30.4 Å². The van der Waals surface area contributed by atoms with Gasteiger partial charge < -0.3 is 14.8 Å². The Morgan fingerprint density at radius 2 is 2.12 bits per heavy atom. The van der Waals surface area contributed by atoms with Crippen LogP contribution in [-0.2, 0) is 11.2 Å². The van der Waals surface area contributed by atoms with Crippen LogP contribution in [-0.4, -0.2) is 40.9 Å². The Morgan fingerprint density at radius 3 is 2.92 bits per heavy atom. The third-order valence-electron chi connectivity index (χ3n) is 3.65. The van der Waals surface area contributed by atoms with E-state index in [4.69, 9.17) is 9.47 Å². The second kappa shape index (κ2) is 8.71. The van der Waals surface area contributed by atoms with E-state index in [9.17, 15) is 4.79 Å². The number of aromatic nitrogens is 2. The highest BCUT2D eigenvalue weighted by molar-refractivity contribution is 7.99. The zero-order chi connectivity index (χ0) is 17.5. The highest BCUT2D eigenvalue weighted by atomic mass is 32.2. The van der Waals surface area contributed by atoms with Crippen LogP contribution in [0.3, 0.4) is 0 Å². The Bertz CT molecular complexity index is 712. The van der Waals surface area contributed by atoms with E-state index in [-0.39, 0.29) is 11.9 Å². The maximum Gasteiger partial charge on any atom is 0.221 e. The van der Waals surface area contributed by atoms with Crippen molar-refractivity contribution in [2.75, 3.05) is 19.0 Å². The quantitative estimate of drug-likeness (QED) is 0.766. The number of carbonyl (C=O) groups excluding carboxylic acids is 1. The Morgan fingerprint density at radius 1 is 1.28 bits per heavy atom. The summed E-state index contributed by atoms with van der Waals surface area (Å²) in [5.74, 6) is 2.31. The maximum absolute atomic E-state index is 12.1.